The first kappa shape index (κ1) is 17.7. The second kappa shape index (κ2) is 7.50. The van der Waals surface area contributed by atoms with E-state index in [1.165, 1.54) is 6.20 Å². The van der Waals surface area contributed by atoms with E-state index in [1.54, 1.807) is 0 Å². The number of carboxylic acid groups (broad SMARTS) is 1. The van der Waals surface area contributed by atoms with Crippen LogP contribution in [-0.4, -0.2) is 50.5 Å². The highest BCUT2D eigenvalue weighted by Crippen LogP contribution is 2.25. The summed E-state index contributed by atoms with van der Waals surface area (Å²) in [7, 11) is 0. The first-order valence-electron chi connectivity index (χ1n) is 9.40. The summed E-state index contributed by atoms with van der Waals surface area (Å²) in [6.45, 7) is 3.75. The number of aliphatic carboxylic acids is 1. The van der Waals surface area contributed by atoms with Crippen molar-refractivity contribution in [2.45, 2.75) is 45.2 Å². The molecule has 0 bridgehead atoms. The van der Waals surface area contributed by atoms with Gasteiger partial charge in [-0.1, -0.05) is 0 Å². The van der Waals surface area contributed by atoms with E-state index in [-0.39, 0.29) is 12.2 Å². The maximum absolute atomic E-state index is 14.2. The molecule has 27 heavy (non-hydrogen) atoms. The maximum Gasteiger partial charge on any atom is 0.303 e. The van der Waals surface area contributed by atoms with Crippen LogP contribution in [-0.2, 0) is 24.3 Å². The molecule has 9 heteroatoms. The van der Waals surface area contributed by atoms with E-state index in [4.69, 9.17) is 5.11 Å². The van der Waals surface area contributed by atoms with Crippen molar-refractivity contribution >= 4 is 17.7 Å². The maximum atomic E-state index is 14.2. The van der Waals surface area contributed by atoms with E-state index >= 15 is 0 Å². The molecule has 1 fully saturated rings. The fourth-order valence-corrected chi connectivity index (χ4v) is 3.70. The second-order valence-corrected chi connectivity index (χ2v) is 7.05. The smallest absolute Gasteiger partial charge is 0.303 e. The fraction of sp³-hybridized carbons (Fsp3) is 0.556. The van der Waals surface area contributed by atoms with Crippen LogP contribution < -0.4 is 9.80 Å². The van der Waals surface area contributed by atoms with Crippen molar-refractivity contribution in [3.63, 3.8) is 0 Å². The van der Waals surface area contributed by atoms with Crippen LogP contribution in [0.5, 0.6) is 0 Å². The molecule has 8 nitrogen and oxygen atoms in total. The van der Waals surface area contributed by atoms with Gasteiger partial charge in [0.05, 0.1) is 30.6 Å². The molecule has 0 amide bonds. The summed E-state index contributed by atoms with van der Waals surface area (Å²) in [6, 6.07) is 1.95. The Hall–Kier alpha value is -2.71. The number of fused-ring (bicyclic) bond motifs is 1. The van der Waals surface area contributed by atoms with Crippen molar-refractivity contribution in [2.24, 2.45) is 0 Å². The summed E-state index contributed by atoms with van der Waals surface area (Å²) in [5, 5.41) is 13.4. The van der Waals surface area contributed by atoms with Crippen LogP contribution >= 0.6 is 0 Å². The Bertz CT molecular complexity index is 833. The molecular formula is C18H23FN6O2. The highest BCUT2D eigenvalue weighted by Gasteiger charge is 2.23. The number of aryl methyl sites for hydroxylation is 2. The number of carboxylic acids is 1. The molecule has 4 rings (SSSR count). The van der Waals surface area contributed by atoms with Crippen LogP contribution in [0.2, 0.25) is 0 Å². The molecule has 0 spiro atoms. The predicted molar refractivity (Wildman–Crippen MR) is 97.3 cm³/mol. The minimum atomic E-state index is -0.825. The fourth-order valence-electron chi connectivity index (χ4n) is 3.70. The van der Waals surface area contributed by atoms with Crippen LogP contribution in [0.15, 0.2) is 12.3 Å². The number of anilines is 2. The van der Waals surface area contributed by atoms with Gasteiger partial charge in [-0.15, -0.1) is 0 Å². The number of aromatic nitrogens is 4. The lowest BCUT2D eigenvalue weighted by Crippen LogP contribution is -2.27. The Kier molecular flexibility index (Phi) is 4.91. The highest BCUT2D eigenvalue weighted by atomic mass is 19.1. The second-order valence-electron chi connectivity index (χ2n) is 7.05. The Morgan fingerprint density at radius 1 is 1.15 bits per heavy atom. The standard InChI is InChI=1S/C18H23FN6O2/c19-15-11-20-18(21-17(15)23-6-1-2-7-23)24-8-3-9-25-14(12-24)10-13(22-25)4-5-16(26)27/h10-11H,1-9,12H2,(H,26,27). The zero-order valence-corrected chi connectivity index (χ0v) is 15.1. The minimum absolute atomic E-state index is 0.0699. The predicted octanol–water partition coefficient (Wildman–Crippen LogP) is 1.84. The molecule has 2 aliphatic rings. The summed E-state index contributed by atoms with van der Waals surface area (Å²) >= 11 is 0. The molecule has 0 unspecified atom stereocenters. The van der Waals surface area contributed by atoms with E-state index in [1.807, 2.05) is 20.5 Å². The van der Waals surface area contributed by atoms with Crippen LogP contribution in [0.1, 0.15) is 37.1 Å². The number of carbonyl (C=O) groups is 1. The van der Waals surface area contributed by atoms with Crippen LogP contribution in [0.4, 0.5) is 16.2 Å². The van der Waals surface area contributed by atoms with Gasteiger partial charge in [-0.05, 0) is 25.3 Å². The Labute approximate surface area is 156 Å². The van der Waals surface area contributed by atoms with Crippen molar-refractivity contribution in [1.29, 1.82) is 0 Å². The SMILES string of the molecule is O=C(O)CCc1cc2n(n1)CCCN(c1ncc(F)c(N3CCCC3)n1)C2. The van der Waals surface area contributed by atoms with Crippen LogP contribution in [0.3, 0.4) is 0 Å². The molecule has 2 aromatic heterocycles. The van der Waals surface area contributed by atoms with Gasteiger partial charge in [0.15, 0.2) is 11.6 Å². The average Bonchev–Trinajstić information content (AvgIpc) is 3.26. The molecule has 0 atom stereocenters. The summed E-state index contributed by atoms with van der Waals surface area (Å²) in [6.07, 6.45) is 4.73. The molecule has 144 valence electrons. The number of nitrogens with zero attached hydrogens (tertiary/aromatic N) is 6. The van der Waals surface area contributed by atoms with Crippen LogP contribution in [0, 0.1) is 5.82 Å². The largest absolute Gasteiger partial charge is 0.481 e. The molecular weight excluding hydrogens is 351 g/mol. The molecule has 2 aliphatic heterocycles. The van der Waals surface area contributed by atoms with Gasteiger partial charge in [-0.2, -0.15) is 10.1 Å². The van der Waals surface area contributed by atoms with Gasteiger partial charge in [0.25, 0.3) is 0 Å². The molecule has 0 aromatic carbocycles. The summed E-state index contributed by atoms with van der Waals surface area (Å²) in [5.41, 5.74) is 1.79. The van der Waals surface area contributed by atoms with Crippen molar-refractivity contribution in [2.75, 3.05) is 29.4 Å². The Balaban J connectivity index is 1.54. The average molecular weight is 374 g/mol. The van der Waals surface area contributed by atoms with E-state index in [0.717, 1.165) is 56.8 Å². The van der Waals surface area contributed by atoms with Crippen molar-refractivity contribution < 1.29 is 14.3 Å². The zero-order chi connectivity index (χ0) is 18.8. The molecule has 1 N–H and O–H groups in total. The van der Waals surface area contributed by atoms with Crippen molar-refractivity contribution in [3.8, 4) is 0 Å². The Morgan fingerprint density at radius 3 is 2.70 bits per heavy atom. The van der Waals surface area contributed by atoms with E-state index in [2.05, 4.69) is 15.1 Å². The Morgan fingerprint density at radius 2 is 1.93 bits per heavy atom. The van der Waals surface area contributed by atoms with E-state index < -0.39 is 5.97 Å². The minimum Gasteiger partial charge on any atom is -0.481 e. The number of rotatable bonds is 5. The molecule has 4 heterocycles. The van der Waals surface area contributed by atoms with Gasteiger partial charge in [0.2, 0.25) is 5.95 Å². The van der Waals surface area contributed by atoms with Gasteiger partial charge >= 0.3 is 5.97 Å². The molecule has 2 aromatic rings. The lowest BCUT2D eigenvalue weighted by molar-refractivity contribution is -0.136. The molecule has 0 radical (unpaired) electrons. The van der Waals surface area contributed by atoms with Crippen molar-refractivity contribution in [1.82, 2.24) is 19.7 Å². The monoisotopic (exact) mass is 374 g/mol. The quantitative estimate of drug-likeness (QED) is 0.854. The van der Waals surface area contributed by atoms with Gasteiger partial charge in [-0.25, -0.2) is 9.37 Å². The topological polar surface area (TPSA) is 87.4 Å². The zero-order valence-electron chi connectivity index (χ0n) is 15.1. The third-order valence-corrected chi connectivity index (χ3v) is 5.06. The number of halogens is 1. The van der Waals surface area contributed by atoms with E-state index in [9.17, 15) is 9.18 Å². The van der Waals surface area contributed by atoms with Gasteiger partial charge in [0.1, 0.15) is 0 Å². The van der Waals surface area contributed by atoms with Gasteiger partial charge < -0.3 is 14.9 Å². The number of hydrogen-bond acceptors (Lipinski definition) is 6. The first-order chi connectivity index (χ1) is 13.1. The lowest BCUT2D eigenvalue weighted by atomic mass is 10.2. The van der Waals surface area contributed by atoms with Gasteiger partial charge in [-0.3, -0.25) is 9.48 Å². The third-order valence-electron chi connectivity index (χ3n) is 5.06. The van der Waals surface area contributed by atoms with Crippen LogP contribution in [0.25, 0.3) is 0 Å². The van der Waals surface area contributed by atoms with E-state index in [0.29, 0.717) is 24.7 Å². The summed E-state index contributed by atoms with van der Waals surface area (Å²) in [4.78, 5) is 23.5. The summed E-state index contributed by atoms with van der Waals surface area (Å²) < 4.78 is 16.1. The van der Waals surface area contributed by atoms with Gasteiger partial charge in [0, 0.05) is 32.6 Å². The third kappa shape index (κ3) is 3.86. The van der Waals surface area contributed by atoms with Crippen molar-refractivity contribution in [3.05, 3.63) is 29.5 Å². The molecule has 0 saturated carbocycles. The lowest BCUT2D eigenvalue weighted by Gasteiger charge is -2.23. The normalized spacial score (nSPS) is 17.1. The molecule has 1 saturated heterocycles. The highest BCUT2D eigenvalue weighted by molar-refractivity contribution is 5.66. The first-order valence-corrected chi connectivity index (χ1v) is 9.40. The summed E-state index contributed by atoms with van der Waals surface area (Å²) in [5.74, 6) is -0.289. The molecule has 0 aliphatic carbocycles. The number of hydrogen-bond donors (Lipinski definition) is 1.